The van der Waals surface area contributed by atoms with Gasteiger partial charge in [-0.25, -0.2) is 4.79 Å². The average molecular weight is 369 g/mol. The monoisotopic (exact) mass is 369 g/mol. The van der Waals surface area contributed by atoms with E-state index in [1.807, 2.05) is 12.1 Å². The van der Waals surface area contributed by atoms with Crippen molar-refractivity contribution in [3.63, 3.8) is 0 Å². The molecule has 0 bridgehead atoms. The molecule has 2 aromatic rings. The zero-order valence-corrected chi connectivity index (χ0v) is 16.5. The molecular weight excluding hydrogens is 342 g/mol. The minimum atomic E-state index is -0.172. The topological polar surface area (TPSA) is 56.6 Å². The zero-order valence-electron chi connectivity index (χ0n) is 16.5. The highest BCUT2D eigenvalue weighted by Gasteiger charge is 2.26. The van der Waals surface area contributed by atoms with Crippen molar-refractivity contribution >= 4 is 5.82 Å². The van der Waals surface area contributed by atoms with Gasteiger partial charge in [-0.3, -0.25) is 4.57 Å². The van der Waals surface area contributed by atoms with Gasteiger partial charge in [0.2, 0.25) is 0 Å². The van der Waals surface area contributed by atoms with Crippen LogP contribution in [0.3, 0.4) is 0 Å². The number of nitrogens with zero attached hydrogens (tertiary/aromatic N) is 3. The van der Waals surface area contributed by atoms with Gasteiger partial charge in [0.25, 0.3) is 0 Å². The summed E-state index contributed by atoms with van der Waals surface area (Å²) in [6.07, 6.45) is 2.00. The lowest BCUT2D eigenvalue weighted by molar-refractivity contribution is 0.354. The summed E-state index contributed by atoms with van der Waals surface area (Å²) >= 11 is 0. The first kappa shape index (κ1) is 17.9. The van der Waals surface area contributed by atoms with E-state index in [4.69, 9.17) is 9.47 Å². The number of hydrogen-bond acceptors (Lipinski definition) is 5. The minimum Gasteiger partial charge on any atom is -0.493 e. The van der Waals surface area contributed by atoms with Crippen molar-refractivity contribution in [3.05, 3.63) is 34.2 Å². The Morgan fingerprint density at radius 1 is 1.04 bits per heavy atom. The highest BCUT2D eigenvalue weighted by atomic mass is 16.5. The highest BCUT2D eigenvalue weighted by Crippen LogP contribution is 2.38. The summed E-state index contributed by atoms with van der Waals surface area (Å²) in [4.78, 5) is 19.4. The molecule has 1 aromatic heterocycles. The molecule has 0 saturated carbocycles. The van der Waals surface area contributed by atoms with Crippen LogP contribution in [0, 0.1) is 11.8 Å². The Balaban J connectivity index is 1.82. The van der Waals surface area contributed by atoms with Crippen molar-refractivity contribution in [1.82, 2.24) is 9.55 Å². The molecule has 27 heavy (non-hydrogen) atoms. The van der Waals surface area contributed by atoms with Crippen LogP contribution in [0.4, 0.5) is 5.82 Å². The molecule has 3 heterocycles. The van der Waals surface area contributed by atoms with Gasteiger partial charge in [0, 0.05) is 31.3 Å². The van der Waals surface area contributed by atoms with Crippen LogP contribution in [0.2, 0.25) is 0 Å². The van der Waals surface area contributed by atoms with Crippen molar-refractivity contribution in [2.45, 2.75) is 33.2 Å². The smallest absolute Gasteiger partial charge is 0.350 e. The zero-order chi connectivity index (χ0) is 19.1. The molecule has 0 N–H and O–H groups in total. The van der Waals surface area contributed by atoms with Crippen molar-refractivity contribution in [2.75, 3.05) is 32.2 Å². The van der Waals surface area contributed by atoms with Crippen LogP contribution in [0.1, 0.15) is 25.8 Å². The molecule has 1 aromatic carbocycles. The van der Waals surface area contributed by atoms with Crippen molar-refractivity contribution in [2.24, 2.45) is 11.8 Å². The Labute approximate surface area is 159 Å². The number of ether oxygens (including phenoxy) is 2. The molecule has 6 nitrogen and oxygen atoms in total. The van der Waals surface area contributed by atoms with E-state index < -0.39 is 0 Å². The molecule has 144 valence electrons. The second kappa shape index (κ2) is 6.91. The molecular formula is C21H27N3O3. The van der Waals surface area contributed by atoms with Crippen molar-refractivity contribution in [1.29, 1.82) is 0 Å². The quantitative estimate of drug-likeness (QED) is 0.833. The fourth-order valence-electron chi connectivity index (χ4n) is 4.54. The van der Waals surface area contributed by atoms with E-state index in [0.717, 1.165) is 42.3 Å². The average Bonchev–Trinajstić information content (AvgIpc) is 2.65. The van der Waals surface area contributed by atoms with E-state index in [0.29, 0.717) is 24.1 Å². The van der Waals surface area contributed by atoms with E-state index in [2.05, 4.69) is 29.8 Å². The van der Waals surface area contributed by atoms with Gasteiger partial charge in [-0.15, -0.1) is 0 Å². The Bertz CT molecular complexity index is 912. The van der Waals surface area contributed by atoms with Gasteiger partial charge >= 0.3 is 5.69 Å². The van der Waals surface area contributed by atoms with Gasteiger partial charge in [-0.2, -0.15) is 4.98 Å². The lowest BCUT2D eigenvalue weighted by atomic mass is 9.91. The summed E-state index contributed by atoms with van der Waals surface area (Å²) in [5, 5.41) is 0. The van der Waals surface area contributed by atoms with Crippen LogP contribution in [0.5, 0.6) is 11.5 Å². The van der Waals surface area contributed by atoms with Crippen LogP contribution in [-0.2, 0) is 13.0 Å². The third kappa shape index (κ3) is 3.17. The fourth-order valence-corrected chi connectivity index (χ4v) is 4.54. The van der Waals surface area contributed by atoms with E-state index in [1.54, 1.807) is 18.8 Å². The van der Waals surface area contributed by atoms with E-state index >= 15 is 0 Å². The van der Waals surface area contributed by atoms with E-state index in [1.165, 1.54) is 12.0 Å². The molecule has 1 fully saturated rings. The van der Waals surface area contributed by atoms with E-state index in [9.17, 15) is 4.79 Å². The number of aromatic nitrogens is 2. The first-order chi connectivity index (χ1) is 13.0. The second-order valence-corrected chi connectivity index (χ2v) is 7.90. The first-order valence-electron chi connectivity index (χ1n) is 9.62. The summed E-state index contributed by atoms with van der Waals surface area (Å²) in [5.41, 5.74) is 2.94. The molecule has 4 rings (SSSR count). The summed E-state index contributed by atoms with van der Waals surface area (Å²) in [6.45, 7) is 7.05. The summed E-state index contributed by atoms with van der Waals surface area (Å²) in [6, 6.07) is 6.06. The summed E-state index contributed by atoms with van der Waals surface area (Å²) < 4.78 is 12.7. The number of piperidine rings is 1. The highest BCUT2D eigenvalue weighted by molar-refractivity contribution is 5.72. The molecule has 2 aliphatic rings. The molecule has 0 radical (unpaired) electrons. The predicted molar refractivity (Wildman–Crippen MR) is 106 cm³/mol. The SMILES string of the molecule is COc1cc2c(cc1OC)-c1cc(N3C[C@H](C)C[C@@H](C)C3)nc(=O)n1CC2. The van der Waals surface area contributed by atoms with Crippen LogP contribution < -0.4 is 20.1 Å². The number of benzene rings is 1. The molecule has 0 amide bonds. The van der Waals surface area contributed by atoms with Crippen LogP contribution >= 0.6 is 0 Å². The van der Waals surface area contributed by atoms with Crippen molar-refractivity contribution < 1.29 is 9.47 Å². The lowest BCUT2D eigenvalue weighted by Gasteiger charge is -2.36. The Hall–Kier alpha value is -2.50. The number of aryl methyl sites for hydroxylation is 1. The number of hydrogen-bond donors (Lipinski definition) is 0. The molecule has 2 atom stereocenters. The Morgan fingerprint density at radius 3 is 2.37 bits per heavy atom. The van der Waals surface area contributed by atoms with Gasteiger partial charge in [0.15, 0.2) is 11.5 Å². The minimum absolute atomic E-state index is 0.172. The molecule has 0 spiro atoms. The fraction of sp³-hybridized carbons (Fsp3) is 0.524. The third-order valence-corrected chi connectivity index (χ3v) is 5.68. The number of methoxy groups -OCH3 is 2. The number of fused-ring (bicyclic) bond motifs is 3. The largest absolute Gasteiger partial charge is 0.493 e. The van der Waals surface area contributed by atoms with Gasteiger partial charge in [-0.05, 0) is 42.4 Å². The van der Waals surface area contributed by atoms with Gasteiger partial charge in [0.1, 0.15) is 5.82 Å². The van der Waals surface area contributed by atoms with Crippen LogP contribution in [-0.4, -0.2) is 36.9 Å². The normalized spacial score (nSPS) is 21.4. The molecule has 6 heteroatoms. The summed E-state index contributed by atoms with van der Waals surface area (Å²) in [7, 11) is 3.28. The first-order valence-corrected chi connectivity index (χ1v) is 9.62. The van der Waals surface area contributed by atoms with Crippen LogP contribution in [0.25, 0.3) is 11.3 Å². The second-order valence-electron chi connectivity index (χ2n) is 7.90. The molecule has 2 aliphatic heterocycles. The van der Waals surface area contributed by atoms with Crippen molar-refractivity contribution in [3.8, 4) is 22.8 Å². The van der Waals surface area contributed by atoms with Gasteiger partial charge in [-0.1, -0.05) is 13.8 Å². The maximum atomic E-state index is 12.7. The van der Waals surface area contributed by atoms with Gasteiger partial charge in [0.05, 0.1) is 19.9 Å². The predicted octanol–water partition coefficient (Wildman–Crippen LogP) is 2.97. The van der Waals surface area contributed by atoms with Crippen LogP contribution in [0.15, 0.2) is 23.0 Å². The third-order valence-electron chi connectivity index (χ3n) is 5.68. The van der Waals surface area contributed by atoms with Gasteiger partial charge < -0.3 is 14.4 Å². The molecule has 0 unspecified atom stereocenters. The maximum Gasteiger partial charge on any atom is 0.350 e. The van der Waals surface area contributed by atoms with E-state index in [-0.39, 0.29) is 5.69 Å². The lowest BCUT2D eigenvalue weighted by Crippen LogP contribution is -2.41. The maximum absolute atomic E-state index is 12.7. The Kier molecular flexibility index (Phi) is 4.58. The summed E-state index contributed by atoms with van der Waals surface area (Å²) in [5.74, 6) is 3.39. The number of anilines is 1. The standard InChI is InChI=1S/C21H27N3O3/c1-13-7-14(2)12-23(11-13)20-10-17-16-9-19(27-4)18(26-3)8-15(16)5-6-24(17)21(25)22-20/h8-10,13-14H,5-7,11-12H2,1-4H3/t13-,14-/m1/s1. The molecule has 0 aliphatic carbocycles. The Morgan fingerprint density at radius 2 is 1.70 bits per heavy atom. The number of rotatable bonds is 3. The molecule has 1 saturated heterocycles.